The van der Waals surface area contributed by atoms with Crippen LogP contribution >= 0.6 is 11.6 Å². The maximum Gasteiger partial charge on any atom is 0.317 e. The zero-order chi connectivity index (χ0) is 23.0. The maximum atomic E-state index is 13.3. The van der Waals surface area contributed by atoms with E-state index in [0.29, 0.717) is 36.8 Å². The molecule has 3 atom stereocenters. The van der Waals surface area contributed by atoms with Gasteiger partial charge in [0, 0.05) is 32.2 Å². The third kappa shape index (κ3) is 6.60. The molecule has 1 fully saturated rings. The van der Waals surface area contributed by atoms with E-state index in [2.05, 4.69) is 17.6 Å². The Morgan fingerprint density at radius 3 is 2.52 bits per heavy atom. The van der Waals surface area contributed by atoms with Gasteiger partial charge in [-0.2, -0.15) is 0 Å². The summed E-state index contributed by atoms with van der Waals surface area (Å²) in [4.78, 5) is 42.1. The van der Waals surface area contributed by atoms with E-state index in [1.807, 2.05) is 20.8 Å². The molecule has 1 aromatic rings. The van der Waals surface area contributed by atoms with Gasteiger partial charge in [0.1, 0.15) is 6.04 Å². The van der Waals surface area contributed by atoms with Gasteiger partial charge in [-0.15, -0.1) is 0 Å². The van der Waals surface area contributed by atoms with Gasteiger partial charge >= 0.3 is 6.03 Å². The molecule has 0 spiro atoms. The normalized spacial score (nSPS) is 18.3. The number of carbonyl (C=O) groups excluding carboxylic acids is 3. The lowest BCUT2D eigenvalue weighted by Gasteiger charge is -2.41. The van der Waals surface area contributed by atoms with Crippen molar-refractivity contribution in [1.29, 1.82) is 0 Å². The van der Waals surface area contributed by atoms with Crippen LogP contribution in [0.3, 0.4) is 0 Å². The Balaban J connectivity index is 2.05. The number of nitrogens with zero attached hydrogens (tertiary/aromatic N) is 2. The molecule has 1 saturated heterocycles. The van der Waals surface area contributed by atoms with E-state index >= 15 is 0 Å². The smallest absolute Gasteiger partial charge is 0.317 e. The van der Waals surface area contributed by atoms with E-state index < -0.39 is 6.04 Å². The number of urea groups is 1. The second-order valence-corrected chi connectivity index (χ2v) is 8.64. The Bertz CT molecular complexity index is 773. The molecule has 1 aliphatic rings. The number of nitrogens with one attached hydrogen (secondary N) is 2. The van der Waals surface area contributed by atoms with Crippen LogP contribution in [0.4, 0.5) is 4.79 Å². The highest BCUT2D eigenvalue weighted by Crippen LogP contribution is 2.19. The van der Waals surface area contributed by atoms with Crippen molar-refractivity contribution in [2.75, 3.05) is 26.2 Å². The van der Waals surface area contributed by atoms with Crippen LogP contribution in [0, 0.1) is 5.92 Å². The number of carbonyl (C=O) groups is 3. The first-order valence-electron chi connectivity index (χ1n) is 11.2. The first-order chi connectivity index (χ1) is 14.8. The number of unbranched alkanes of at least 4 members (excludes halogenated alkanes) is 1. The number of amides is 4. The van der Waals surface area contributed by atoms with Crippen molar-refractivity contribution in [3.05, 3.63) is 34.9 Å². The zero-order valence-corrected chi connectivity index (χ0v) is 19.7. The van der Waals surface area contributed by atoms with E-state index in [1.54, 1.807) is 34.1 Å². The zero-order valence-electron chi connectivity index (χ0n) is 19.0. The van der Waals surface area contributed by atoms with Crippen molar-refractivity contribution in [2.45, 2.75) is 59.0 Å². The van der Waals surface area contributed by atoms with Crippen LogP contribution in [0.15, 0.2) is 24.3 Å². The number of rotatable bonds is 8. The van der Waals surface area contributed by atoms with Gasteiger partial charge in [-0.25, -0.2) is 4.79 Å². The largest absolute Gasteiger partial charge is 0.340 e. The van der Waals surface area contributed by atoms with Crippen LogP contribution in [-0.2, 0) is 4.79 Å². The summed E-state index contributed by atoms with van der Waals surface area (Å²) < 4.78 is 0. The third-order valence-electron chi connectivity index (χ3n) is 5.89. The molecule has 172 valence electrons. The topological polar surface area (TPSA) is 81.8 Å². The van der Waals surface area contributed by atoms with Crippen LogP contribution < -0.4 is 10.6 Å². The molecule has 0 saturated carbocycles. The van der Waals surface area contributed by atoms with E-state index in [4.69, 9.17) is 11.6 Å². The molecule has 31 heavy (non-hydrogen) atoms. The first kappa shape index (κ1) is 25.0. The fourth-order valence-electron chi connectivity index (χ4n) is 3.68. The number of piperazine rings is 1. The average molecular weight is 451 g/mol. The summed E-state index contributed by atoms with van der Waals surface area (Å²) in [6, 6.07) is 5.97. The number of hydrogen-bond donors (Lipinski definition) is 2. The van der Waals surface area contributed by atoms with Crippen molar-refractivity contribution in [3.63, 3.8) is 0 Å². The summed E-state index contributed by atoms with van der Waals surface area (Å²) in [6.07, 6.45) is 2.71. The lowest BCUT2D eigenvalue weighted by Crippen LogP contribution is -2.61. The van der Waals surface area contributed by atoms with Gasteiger partial charge in [-0.1, -0.05) is 57.3 Å². The molecule has 7 nitrogen and oxygen atoms in total. The minimum atomic E-state index is -0.647. The molecular formula is C23H35ClN4O3. The Labute approximate surface area is 190 Å². The van der Waals surface area contributed by atoms with Crippen molar-refractivity contribution >= 4 is 29.4 Å². The molecule has 0 aliphatic carbocycles. The summed E-state index contributed by atoms with van der Waals surface area (Å²) in [5, 5.41) is 6.19. The van der Waals surface area contributed by atoms with Gasteiger partial charge in [-0.05, 0) is 31.4 Å². The summed E-state index contributed by atoms with van der Waals surface area (Å²) in [5.41, 5.74) is 0.354. The van der Waals surface area contributed by atoms with Crippen LogP contribution in [0.25, 0.3) is 0 Å². The SMILES string of the molecule is CCCCNC(=O)N1CCN(C(=O)C(NC(=O)c2ccccc2Cl)C(C)CC)CC1C. The molecule has 2 N–H and O–H groups in total. The minimum Gasteiger partial charge on any atom is -0.340 e. The number of benzene rings is 1. The predicted molar refractivity (Wildman–Crippen MR) is 123 cm³/mol. The minimum absolute atomic E-state index is 0.0374. The molecule has 1 heterocycles. The molecule has 4 amide bonds. The monoisotopic (exact) mass is 450 g/mol. The molecule has 0 aromatic heterocycles. The molecule has 1 aromatic carbocycles. The molecule has 0 radical (unpaired) electrons. The quantitative estimate of drug-likeness (QED) is 0.594. The van der Waals surface area contributed by atoms with E-state index in [-0.39, 0.29) is 29.8 Å². The van der Waals surface area contributed by atoms with Gasteiger partial charge in [0.05, 0.1) is 10.6 Å². The highest BCUT2D eigenvalue weighted by atomic mass is 35.5. The van der Waals surface area contributed by atoms with Crippen LogP contribution in [0.2, 0.25) is 5.02 Å². The molecular weight excluding hydrogens is 416 g/mol. The maximum absolute atomic E-state index is 13.3. The molecule has 2 rings (SSSR count). The first-order valence-corrected chi connectivity index (χ1v) is 11.6. The Kier molecular flexibility index (Phi) is 9.62. The summed E-state index contributed by atoms with van der Waals surface area (Å²) >= 11 is 6.15. The molecule has 8 heteroatoms. The van der Waals surface area contributed by atoms with Crippen LogP contribution in [0.5, 0.6) is 0 Å². The van der Waals surface area contributed by atoms with Crippen molar-refractivity contribution in [2.24, 2.45) is 5.92 Å². The summed E-state index contributed by atoms with van der Waals surface area (Å²) in [5.74, 6) is -0.511. The van der Waals surface area contributed by atoms with Crippen molar-refractivity contribution in [1.82, 2.24) is 20.4 Å². The molecule has 0 bridgehead atoms. The van der Waals surface area contributed by atoms with Gasteiger partial charge in [0.2, 0.25) is 5.91 Å². The van der Waals surface area contributed by atoms with E-state index in [0.717, 1.165) is 19.3 Å². The standard InChI is InChI=1S/C23H35ClN4O3/c1-5-7-12-25-23(31)28-14-13-27(15-17(28)4)22(30)20(16(3)6-2)26-21(29)18-10-8-9-11-19(18)24/h8-11,16-17,20H,5-7,12-15H2,1-4H3,(H,25,31)(H,26,29). The van der Waals surface area contributed by atoms with Gasteiger partial charge in [0.25, 0.3) is 5.91 Å². The van der Waals surface area contributed by atoms with E-state index in [9.17, 15) is 14.4 Å². The molecule has 1 aliphatic heterocycles. The number of halogens is 1. The van der Waals surface area contributed by atoms with Gasteiger partial charge < -0.3 is 20.4 Å². The Hall–Kier alpha value is -2.28. The lowest BCUT2D eigenvalue weighted by atomic mass is 9.96. The third-order valence-corrected chi connectivity index (χ3v) is 6.22. The van der Waals surface area contributed by atoms with E-state index in [1.165, 1.54) is 0 Å². The fraction of sp³-hybridized carbons (Fsp3) is 0.609. The Morgan fingerprint density at radius 2 is 1.90 bits per heavy atom. The van der Waals surface area contributed by atoms with Gasteiger partial charge in [-0.3, -0.25) is 9.59 Å². The fourth-order valence-corrected chi connectivity index (χ4v) is 3.90. The lowest BCUT2D eigenvalue weighted by molar-refractivity contribution is -0.136. The summed E-state index contributed by atoms with van der Waals surface area (Å²) in [6.45, 7) is 9.98. The van der Waals surface area contributed by atoms with Crippen molar-refractivity contribution in [3.8, 4) is 0 Å². The van der Waals surface area contributed by atoms with Crippen molar-refractivity contribution < 1.29 is 14.4 Å². The predicted octanol–water partition coefficient (Wildman–Crippen LogP) is 3.53. The second kappa shape index (κ2) is 11.9. The molecule has 3 unspecified atom stereocenters. The number of hydrogen-bond acceptors (Lipinski definition) is 3. The van der Waals surface area contributed by atoms with Crippen LogP contribution in [-0.4, -0.2) is 65.9 Å². The Morgan fingerprint density at radius 1 is 1.19 bits per heavy atom. The van der Waals surface area contributed by atoms with Gasteiger partial charge in [0.15, 0.2) is 0 Å². The average Bonchev–Trinajstić information content (AvgIpc) is 2.76. The second-order valence-electron chi connectivity index (χ2n) is 8.23. The highest BCUT2D eigenvalue weighted by Gasteiger charge is 2.35. The van der Waals surface area contributed by atoms with Crippen LogP contribution in [0.1, 0.15) is 57.3 Å². The summed E-state index contributed by atoms with van der Waals surface area (Å²) in [7, 11) is 0. The highest BCUT2D eigenvalue weighted by molar-refractivity contribution is 6.33.